The first-order valence-corrected chi connectivity index (χ1v) is 8.63. The molecule has 23 heavy (non-hydrogen) atoms. The maximum atomic E-state index is 12.9. The zero-order valence-corrected chi connectivity index (χ0v) is 13.3. The van der Waals surface area contributed by atoms with E-state index < -0.39 is 15.8 Å². The Balaban J connectivity index is 1.68. The Morgan fingerprint density at radius 2 is 1.91 bits per heavy atom. The van der Waals surface area contributed by atoms with Gasteiger partial charge in [-0.1, -0.05) is 6.07 Å². The third kappa shape index (κ3) is 3.40. The largest absolute Gasteiger partial charge is 0.304 e. The van der Waals surface area contributed by atoms with E-state index in [4.69, 9.17) is 0 Å². The van der Waals surface area contributed by atoms with Gasteiger partial charge in [0.2, 0.25) is 10.0 Å². The van der Waals surface area contributed by atoms with Gasteiger partial charge in [-0.05, 0) is 43.3 Å². The van der Waals surface area contributed by atoms with Gasteiger partial charge >= 0.3 is 0 Å². The molecule has 0 aliphatic heterocycles. The number of nitrogens with one attached hydrogen (secondary N) is 1. The van der Waals surface area contributed by atoms with Gasteiger partial charge in [-0.2, -0.15) is 0 Å². The quantitative estimate of drug-likeness (QED) is 0.779. The molecule has 1 N–H and O–H groups in total. The SMILES string of the molecule is Cc1cccc2nc(CCNS(=O)(=O)c3ccc(F)cc3)cn12. The van der Waals surface area contributed by atoms with Crippen LogP contribution in [-0.4, -0.2) is 24.3 Å². The Morgan fingerprint density at radius 1 is 1.17 bits per heavy atom. The highest BCUT2D eigenvalue weighted by molar-refractivity contribution is 7.89. The van der Waals surface area contributed by atoms with Crippen molar-refractivity contribution in [2.75, 3.05) is 6.54 Å². The summed E-state index contributed by atoms with van der Waals surface area (Å²) >= 11 is 0. The van der Waals surface area contributed by atoms with Gasteiger partial charge in [-0.25, -0.2) is 22.5 Å². The number of sulfonamides is 1. The molecule has 7 heteroatoms. The number of rotatable bonds is 5. The number of hydrogen-bond donors (Lipinski definition) is 1. The van der Waals surface area contributed by atoms with Crippen molar-refractivity contribution >= 4 is 15.7 Å². The number of fused-ring (bicyclic) bond motifs is 1. The molecule has 0 radical (unpaired) electrons. The summed E-state index contributed by atoms with van der Waals surface area (Å²) in [5, 5.41) is 0. The summed E-state index contributed by atoms with van der Waals surface area (Å²) in [6.07, 6.45) is 2.37. The van der Waals surface area contributed by atoms with E-state index in [2.05, 4.69) is 9.71 Å². The number of pyridine rings is 1. The van der Waals surface area contributed by atoms with E-state index in [-0.39, 0.29) is 11.4 Å². The second-order valence-electron chi connectivity index (χ2n) is 5.23. The Bertz CT molecular complexity index is 934. The smallest absolute Gasteiger partial charge is 0.240 e. The van der Waals surface area contributed by atoms with Crippen LogP contribution in [0, 0.1) is 12.7 Å². The van der Waals surface area contributed by atoms with Crippen molar-refractivity contribution in [2.45, 2.75) is 18.2 Å². The first-order chi connectivity index (χ1) is 11.0. The molecule has 0 fully saturated rings. The van der Waals surface area contributed by atoms with Crippen LogP contribution < -0.4 is 4.72 Å². The molecule has 0 aliphatic carbocycles. The van der Waals surface area contributed by atoms with E-state index >= 15 is 0 Å². The molecule has 5 nitrogen and oxygen atoms in total. The Hall–Kier alpha value is -2.25. The minimum Gasteiger partial charge on any atom is -0.304 e. The average molecular weight is 333 g/mol. The van der Waals surface area contributed by atoms with Crippen molar-refractivity contribution in [3.05, 3.63) is 65.9 Å². The molecule has 0 bridgehead atoms. The fourth-order valence-electron chi connectivity index (χ4n) is 2.33. The van der Waals surface area contributed by atoms with Gasteiger partial charge in [0.25, 0.3) is 0 Å². The average Bonchev–Trinajstić information content (AvgIpc) is 2.92. The van der Waals surface area contributed by atoms with Crippen molar-refractivity contribution in [1.82, 2.24) is 14.1 Å². The number of nitrogens with zero attached hydrogens (tertiary/aromatic N) is 2. The van der Waals surface area contributed by atoms with Crippen LogP contribution in [0.5, 0.6) is 0 Å². The minimum atomic E-state index is -3.64. The first-order valence-electron chi connectivity index (χ1n) is 7.14. The van der Waals surface area contributed by atoms with Crippen LogP contribution in [0.15, 0.2) is 53.6 Å². The molecular formula is C16H16FN3O2S. The zero-order chi connectivity index (χ0) is 16.4. The van der Waals surface area contributed by atoms with Crippen LogP contribution in [0.2, 0.25) is 0 Å². The standard InChI is InChI=1S/C16H16FN3O2S/c1-12-3-2-4-16-19-14(11-20(12)16)9-10-18-23(21,22)15-7-5-13(17)6-8-15/h2-8,11,18H,9-10H2,1H3. The summed E-state index contributed by atoms with van der Waals surface area (Å²) in [4.78, 5) is 4.50. The zero-order valence-electron chi connectivity index (χ0n) is 12.5. The Morgan fingerprint density at radius 3 is 2.61 bits per heavy atom. The minimum absolute atomic E-state index is 0.0461. The molecule has 3 rings (SSSR count). The molecule has 3 aromatic rings. The van der Waals surface area contributed by atoms with Gasteiger partial charge in [-0.15, -0.1) is 0 Å². The van der Waals surface area contributed by atoms with E-state index in [9.17, 15) is 12.8 Å². The fraction of sp³-hybridized carbons (Fsp3) is 0.188. The van der Waals surface area contributed by atoms with Gasteiger partial charge in [0.1, 0.15) is 11.5 Å². The topological polar surface area (TPSA) is 63.5 Å². The summed E-state index contributed by atoms with van der Waals surface area (Å²) in [5.74, 6) is -0.468. The third-order valence-electron chi connectivity index (χ3n) is 3.54. The molecule has 2 aromatic heterocycles. The predicted molar refractivity (Wildman–Crippen MR) is 85.2 cm³/mol. The van der Waals surface area contributed by atoms with E-state index in [1.54, 1.807) is 0 Å². The molecular weight excluding hydrogens is 317 g/mol. The van der Waals surface area contributed by atoms with Gasteiger partial charge < -0.3 is 4.40 Å². The second kappa shape index (κ2) is 6.10. The Labute approximate surface area is 133 Å². The molecule has 0 unspecified atom stereocenters. The number of imidazole rings is 1. The van der Waals surface area contributed by atoms with Gasteiger partial charge in [0, 0.05) is 24.9 Å². The van der Waals surface area contributed by atoms with Gasteiger partial charge in [0.15, 0.2) is 0 Å². The summed E-state index contributed by atoms with van der Waals surface area (Å²) in [5.41, 5.74) is 2.70. The van der Waals surface area contributed by atoms with Gasteiger partial charge in [0.05, 0.1) is 10.6 Å². The molecule has 1 aromatic carbocycles. The van der Waals surface area contributed by atoms with Gasteiger partial charge in [-0.3, -0.25) is 0 Å². The highest BCUT2D eigenvalue weighted by Crippen LogP contribution is 2.11. The monoisotopic (exact) mass is 333 g/mol. The molecule has 0 amide bonds. The maximum Gasteiger partial charge on any atom is 0.240 e. The molecule has 0 atom stereocenters. The number of benzene rings is 1. The van der Waals surface area contributed by atoms with Crippen LogP contribution in [0.4, 0.5) is 4.39 Å². The number of aryl methyl sites for hydroxylation is 1. The van der Waals surface area contributed by atoms with Crippen molar-refractivity contribution in [3.8, 4) is 0 Å². The lowest BCUT2D eigenvalue weighted by Crippen LogP contribution is -2.26. The van der Waals surface area contributed by atoms with Crippen LogP contribution >= 0.6 is 0 Å². The number of hydrogen-bond acceptors (Lipinski definition) is 3. The van der Waals surface area contributed by atoms with Crippen molar-refractivity contribution in [3.63, 3.8) is 0 Å². The predicted octanol–water partition coefficient (Wildman–Crippen LogP) is 2.30. The molecule has 120 valence electrons. The van der Waals surface area contributed by atoms with E-state index in [1.165, 1.54) is 12.1 Å². The lowest BCUT2D eigenvalue weighted by atomic mass is 10.3. The van der Waals surface area contributed by atoms with Crippen LogP contribution in [0.25, 0.3) is 5.65 Å². The number of aromatic nitrogens is 2. The number of halogens is 1. The molecule has 0 saturated carbocycles. The van der Waals surface area contributed by atoms with E-state index in [1.807, 2.05) is 35.7 Å². The normalized spacial score (nSPS) is 11.9. The lowest BCUT2D eigenvalue weighted by Gasteiger charge is -2.05. The van der Waals surface area contributed by atoms with E-state index in [0.717, 1.165) is 29.2 Å². The maximum absolute atomic E-state index is 12.9. The fourth-order valence-corrected chi connectivity index (χ4v) is 3.36. The molecule has 2 heterocycles. The second-order valence-corrected chi connectivity index (χ2v) is 7.00. The van der Waals surface area contributed by atoms with Crippen LogP contribution in [-0.2, 0) is 16.4 Å². The van der Waals surface area contributed by atoms with Crippen molar-refractivity contribution in [1.29, 1.82) is 0 Å². The highest BCUT2D eigenvalue weighted by Gasteiger charge is 2.13. The highest BCUT2D eigenvalue weighted by atomic mass is 32.2. The summed E-state index contributed by atoms with van der Waals surface area (Å²) in [7, 11) is -3.64. The van der Waals surface area contributed by atoms with Crippen molar-refractivity contribution < 1.29 is 12.8 Å². The Kier molecular flexibility index (Phi) is 4.14. The molecule has 0 aliphatic rings. The first kappa shape index (κ1) is 15.6. The van der Waals surface area contributed by atoms with Crippen molar-refractivity contribution in [2.24, 2.45) is 0 Å². The van der Waals surface area contributed by atoms with Crippen LogP contribution in [0.1, 0.15) is 11.4 Å². The third-order valence-corrected chi connectivity index (χ3v) is 5.02. The summed E-state index contributed by atoms with van der Waals surface area (Å²) in [6, 6.07) is 10.5. The molecule has 0 saturated heterocycles. The molecule has 0 spiro atoms. The van der Waals surface area contributed by atoms with Crippen LogP contribution in [0.3, 0.4) is 0 Å². The summed E-state index contributed by atoms with van der Waals surface area (Å²) in [6.45, 7) is 2.21. The van der Waals surface area contributed by atoms with E-state index in [0.29, 0.717) is 6.42 Å². The summed E-state index contributed by atoms with van der Waals surface area (Å²) < 4.78 is 41.5. The lowest BCUT2D eigenvalue weighted by molar-refractivity contribution is 0.580.